The lowest BCUT2D eigenvalue weighted by molar-refractivity contribution is 0.116. The molecule has 0 aliphatic heterocycles. The van der Waals surface area contributed by atoms with E-state index in [1.54, 1.807) is 0 Å². The van der Waals surface area contributed by atoms with Crippen molar-refractivity contribution >= 4 is 95.6 Å². The van der Waals surface area contributed by atoms with E-state index in [-0.39, 0.29) is 6.79 Å². The first kappa shape index (κ1) is 18.3. The van der Waals surface area contributed by atoms with Gasteiger partial charge in [-0.15, -0.1) is 0 Å². The molecule has 0 saturated carbocycles. The van der Waals surface area contributed by atoms with E-state index in [1.807, 2.05) is 24.3 Å². The Morgan fingerprint density at radius 2 is 0.857 bits per heavy atom. The van der Waals surface area contributed by atoms with Crippen molar-refractivity contribution in [3.8, 4) is 11.5 Å². The lowest BCUT2D eigenvalue weighted by Gasteiger charge is -2.14. The fraction of sp³-hybridized carbons (Fsp3) is 0.0769. The number of hydrogen-bond acceptors (Lipinski definition) is 2. The van der Waals surface area contributed by atoms with Gasteiger partial charge in [-0.05, 0) is 88.0 Å². The molecule has 0 amide bonds. The highest BCUT2D eigenvalue weighted by atomic mass is 79.9. The van der Waals surface area contributed by atoms with Gasteiger partial charge in [0.2, 0.25) is 6.79 Å². The molecule has 0 aliphatic carbocycles. The van der Waals surface area contributed by atoms with Crippen LogP contribution in [0.4, 0.5) is 0 Å². The van der Waals surface area contributed by atoms with Crippen LogP contribution in [0.25, 0.3) is 0 Å². The fourth-order valence-corrected chi connectivity index (χ4v) is 6.46. The quantitative estimate of drug-likeness (QED) is 0.310. The lowest BCUT2D eigenvalue weighted by Crippen LogP contribution is -2.07. The average molecular weight is 674 g/mol. The van der Waals surface area contributed by atoms with Crippen molar-refractivity contribution in [2.75, 3.05) is 6.79 Å². The van der Waals surface area contributed by atoms with Gasteiger partial charge in [0.15, 0.2) is 11.5 Å². The molecule has 0 radical (unpaired) electrons. The first-order chi connectivity index (χ1) is 9.88. The molecule has 0 unspecified atom stereocenters. The molecule has 0 bridgehead atoms. The molecule has 0 saturated heterocycles. The average Bonchev–Trinajstić information content (AvgIpc) is 2.34. The molecular weight excluding hydrogens is 668 g/mol. The zero-order valence-electron chi connectivity index (χ0n) is 10.1. The molecule has 2 rings (SSSR count). The van der Waals surface area contributed by atoms with Gasteiger partial charge in [0.1, 0.15) is 0 Å². The predicted molar refractivity (Wildman–Crippen MR) is 105 cm³/mol. The molecule has 0 atom stereocenters. The van der Waals surface area contributed by atoms with E-state index in [9.17, 15) is 0 Å². The van der Waals surface area contributed by atoms with Gasteiger partial charge in [-0.1, -0.05) is 31.9 Å². The fourth-order valence-electron chi connectivity index (χ4n) is 1.48. The van der Waals surface area contributed by atoms with E-state index < -0.39 is 0 Å². The maximum atomic E-state index is 5.68. The third-order valence-corrected chi connectivity index (χ3v) is 5.60. The SMILES string of the molecule is Brc1cc(Br)c(OCOc2c(Br)cc(Br)cc2Br)c(Br)c1. The summed E-state index contributed by atoms with van der Waals surface area (Å²) in [4.78, 5) is 0. The van der Waals surface area contributed by atoms with E-state index >= 15 is 0 Å². The number of ether oxygens (including phenoxy) is 2. The van der Waals surface area contributed by atoms with Crippen LogP contribution in [0.3, 0.4) is 0 Å². The third-order valence-electron chi connectivity index (χ3n) is 2.33. The summed E-state index contributed by atoms with van der Waals surface area (Å²) in [5, 5.41) is 0. The number of rotatable bonds is 4. The summed E-state index contributed by atoms with van der Waals surface area (Å²) < 4.78 is 16.6. The third kappa shape index (κ3) is 4.94. The Morgan fingerprint density at radius 1 is 0.571 bits per heavy atom. The Kier molecular flexibility index (Phi) is 7.08. The van der Waals surface area contributed by atoms with E-state index in [1.165, 1.54) is 0 Å². The molecule has 2 nitrogen and oxygen atoms in total. The smallest absolute Gasteiger partial charge is 0.231 e. The van der Waals surface area contributed by atoms with Gasteiger partial charge in [0, 0.05) is 8.95 Å². The minimum atomic E-state index is 0.0810. The highest BCUT2D eigenvalue weighted by molar-refractivity contribution is 9.12. The van der Waals surface area contributed by atoms with Crippen molar-refractivity contribution in [3.05, 3.63) is 51.1 Å². The normalized spacial score (nSPS) is 10.6. The zero-order chi connectivity index (χ0) is 15.6. The first-order valence-corrected chi connectivity index (χ1v) is 10.2. The van der Waals surface area contributed by atoms with Gasteiger partial charge in [-0.2, -0.15) is 0 Å². The maximum absolute atomic E-state index is 5.68. The van der Waals surface area contributed by atoms with Crippen molar-refractivity contribution in [2.45, 2.75) is 0 Å². The molecular formula is C13H6Br6O2. The lowest BCUT2D eigenvalue weighted by atomic mass is 10.3. The summed E-state index contributed by atoms with van der Waals surface area (Å²) in [6.07, 6.45) is 0. The molecule has 2 aromatic carbocycles. The second kappa shape index (κ2) is 8.15. The van der Waals surface area contributed by atoms with Gasteiger partial charge in [0.05, 0.1) is 17.9 Å². The Bertz CT molecular complexity index is 570. The minimum Gasteiger partial charge on any atom is -0.455 e. The highest BCUT2D eigenvalue weighted by Crippen LogP contribution is 2.38. The molecule has 0 N–H and O–H groups in total. The van der Waals surface area contributed by atoms with Crippen LogP contribution in [0.5, 0.6) is 11.5 Å². The molecule has 0 spiro atoms. The largest absolute Gasteiger partial charge is 0.455 e. The summed E-state index contributed by atoms with van der Waals surface area (Å²) in [6.45, 7) is 0.0810. The van der Waals surface area contributed by atoms with Gasteiger partial charge >= 0.3 is 0 Å². The molecule has 112 valence electrons. The van der Waals surface area contributed by atoms with E-state index in [4.69, 9.17) is 9.47 Å². The van der Waals surface area contributed by atoms with Crippen molar-refractivity contribution in [1.29, 1.82) is 0 Å². The van der Waals surface area contributed by atoms with Gasteiger partial charge in [-0.25, -0.2) is 0 Å². The van der Waals surface area contributed by atoms with Gasteiger partial charge < -0.3 is 9.47 Å². The highest BCUT2D eigenvalue weighted by Gasteiger charge is 2.11. The Labute approximate surface area is 172 Å². The van der Waals surface area contributed by atoms with Crippen LogP contribution in [-0.4, -0.2) is 6.79 Å². The molecule has 0 aromatic heterocycles. The monoisotopic (exact) mass is 668 g/mol. The summed E-state index contributed by atoms with van der Waals surface area (Å²) in [5.74, 6) is 1.37. The van der Waals surface area contributed by atoms with Crippen LogP contribution in [0.1, 0.15) is 0 Å². The Balaban J connectivity index is 2.09. The van der Waals surface area contributed by atoms with Gasteiger partial charge in [0.25, 0.3) is 0 Å². The van der Waals surface area contributed by atoms with Crippen molar-refractivity contribution in [1.82, 2.24) is 0 Å². The van der Waals surface area contributed by atoms with Crippen LogP contribution in [0, 0.1) is 0 Å². The summed E-state index contributed by atoms with van der Waals surface area (Å²) in [7, 11) is 0. The molecule has 0 heterocycles. The summed E-state index contributed by atoms with van der Waals surface area (Å²) in [5.41, 5.74) is 0. The van der Waals surface area contributed by atoms with Crippen LogP contribution in [-0.2, 0) is 0 Å². The summed E-state index contributed by atoms with van der Waals surface area (Å²) >= 11 is 20.7. The molecule has 8 heteroatoms. The predicted octanol–water partition coefficient (Wildman–Crippen LogP) is 7.68. The van der Waals surface area contributed by atoms with Crippen LogP contribution in [0.15, 0.2) is 51.1 Å². The molecule has 0 fully saturated rings. The van der Waals surface area contributed by atoms with E-state index in [0.29, 0.717) is 11.5 Å². The van der Waals surface area contributed by atoms with Crippen molar-refractivity contribution < 1.29 is 9.47 Å². The van der Waals surface area contributed by atoms with E-state index in [2.05, 4.69) is 95.6 Å². The number of benzene rings is 2. The second-order valence-corrected chi connectivity index (χ2v) is 9.05. The minimum absolute atomic E-state index is 0.0810. The summed E-state index contributed by atoms with van der Waals surface area (Å²) in [6, 6.07) is 7.63. The first-order valence-electron chi connectivity index (χ1n) is 5.43. The molecule has 2 aromatic rings. The topological polar surface area (TPSA) is 18.5 Å². The Morgan fingerprint density at radius 3 is 1.14 bits per heavy atom. The zero-order valence-corrected chi connectivity index (χ0v) is 19.6. The van der Waals surface area contributed by atoms with E-state index in [0.717, 1.165) is 26.8 Å². The maximum Gasteiger partial charge on any atom is 0.231 e. The van der Waals surface area contributed by atoms with Crippen LogP contribution < -0.4 is 9.47 Å². The number of halogens is 6. The van der Waals surface area contributed by atoms with Crippen LogP contribution in [0.2, 0.25) is 0 Å². The second-order valence-electron chi connectivity index (χ2n) is 3.80. The van der Waals surface area contributed by atoms with Gasteiger partial charge in [-0.3, -0.25) is 0 Å². The molecule has 0 aliphatic rings. The molecule has 21 heavy (non-hydrogen) atoms. The van der Waals surface area contributed by atoms with Crippen molar-refractivity contribution in [2.24, 2.45) is 0 Å². The Hall–Kier alpha value is 0.920. The standard InChI is InChI=1S/C13H6Br6O2/c14-6-1-8(16)12(9(17)2-6)20-5-21-13-10(18)3-7(15)4-11(13)19/h1-4H,5H2. The number of hydrogen-bond donors (Lipinski definition) is 0. The van der Waals surface area contributed by atoms with Crippen molar-refractivity contribution in [3.63, 3.8) is 0 Å². The van der Waals surface area contributed by atoms with Crippen LogP contribution >= 0.6 is 95.6 Å².